The number of piperidine rings is 1. The summed E-state index contributed by atoms with van der Waals surface area (Å²) in [5, 5.41) is 0. The van der Waals surface area contributed by atoms with E-state index in [0.29, 0.717) is 18.7 Å². The van der Waals surface area contributed by atoms with Gasteiger partial charge in [-0.3, -0.25) is 14.2 Å². The van der Waals surface area contributed by atoms with Gasteiger partial charge in [-0.25, -0.2) is 4.79 Å². The first kappa shape index (κ1) is 18.2. The molecule has 2 aromatic carbocycles. The van der Waals surface area contributed by atoms with Crippen molar-refractivity contribution in [1.82, 2.24) is 14.5 Å². The van der Waals surface area contributed by atoms with Crippen molar-refractivity contribution in [3.63, 3.8) is 0 Å². The van der Waals surface area contributed by atoms with Gasteiger partial charge in [0.1, 0.15) is 0 Å². The third-order valence-electron chi connectivity index (χ3n) is 5.47. The summed E-state index contributed by atoms with van der Waals surface area (Å²) in [4.78, 5) is 41.8. The Balaban J connectivity index is 1.35. The summed E-state index contributed by atoms with van der Waals surface area (Å²) < 4.78 is 1.82. The SMILES string of the molecule is O=C(CCC(=O)N1CCC(n2c(=O)[nH]c3ccccc32)CC1)c1ccccc1. The van der Waals surface area contributed by atoms with E-state index in [1.165, 1.54) is 0 Å². The van der Waals surface area contributed by atoms with E-state index in [9.17, 15) is 14.4 Å². The Morgan fingerprint density at radius 3 is 2.36 bits per heavy atom. The number of amides is 1. The number of fused-ring (bicyclic) bond motifs is 1. The van der Waals surface area contributed by atoms with Gasteiger partial charge in [-0.15, -0.1) is 0 Å². The predicted octanol–water partition coefficient (Wildman–Crippen LogP) is 3.16. The number of benzene rings is 2. The van der Waals surface area contributed by atoms with E-state index in [0.717, 1.165) is 23.9 Å². The van der Waals surface area contributed by atoms with Crippen LogP contribution in [0.3, 0.4) is 0 Å². The smallest absolute Gasteiger partial charge is 0.326 e. The van der Waals surface area contributed by atoms with E-state index in [4.69, 9.17) is 0 Å². The second kappa shape index (κ2) is 7.84. The number of hydrogen-bond donors (Lipinski definition) is 1. The standard InChI is InChI=1S/C22H23N3O3/c26-20(16-6-2-1-3-7-16)10-11-21(27)24-14-12-17(13-15-24)25-19-9-5-4-8-18(19)23-22(25)28/h1-9,17H,10-15H2,(H,23,28). The highest BCUT2D eigenvalue weighted by Gasteiger charge is 2.26. The van der Waals surface area contributed by atoms with Crippen molar-refractivity contribution in [2.45, 2.75) is 31.7 Å². The Labute approximate surface area is 162 Å². The average molecular weight is 377 g/mol. The van der Waals surface area contributed by atoms with Crippen LogP contribution in [0.4, 0.5) is 0 Å². The van der Waals surface area contributed by atoms with Crippen LogP contribution in [0.5, 0.6) is 0 Å². The zero-order valence-corrected chi connectivity index (χ0v) is 15.6. The molecule has 1 fully saturated rings. The first-order valence-corrected chi connectivity index (χ1v) is 9.69. The number of para-hydroxylation sites is 2. The first-order valence-electron chi connectivity index (χ1n) is 9.69. The molecule has 4 rings (SSSR count). The van der Waals surface area contributed by atoms with Crippen molar-refractivity contribution in [2.24, 2.45) is 0 Å². The number of carbonyl (C=O) groups excluding carboxylic acids is 2. The van der Waals surface area contributed by atoms with Gasteiger partial charge in [0.05, 0.1) is 11.0 Å². The second-order valence-electron chi connectivity index (χ2n) is 7.22. The highest BCUT2D eigenvalue weighted by atomic mass is 16.2. The molecule has 0 spiro atoms. The maximum Gasteiger partial charge on any atom is 0.326 e. The zero-order chi connectivity index (χ0) is 19.5. The molecule has 6 heteroatoms. The van der Waals surface area contributed by atoms with Gasteiger partial charge >= 0.3 is 5.69 Å². The summed E-state index contributed by atoms with van der Waals surface area (Å²) in [7, 11) is 0. The largest absolute Gasteiger partial charge is 0.343 e. The normalized spacial score (nSPS) is 15.1. The van der Waals surface area contributed by atoms with Crippen LogP contribution in [0.15, 0.2) is 59.4 Å². The van der Waals surface area contributed by atoms with Crippen LogP contribution < -0.4 is 5.69 Å². The Kier molecular flexibility index (Phi) is 5.10. The van der Waals surface area contributed by atoms with E-state index in [1.807, 2.05) is 51.9 Å². The summed E-state index contributed by atoms with van der Waals surface area (Å²) in [5.41, 5.74) is 2.29. The van der Waals surface area contributed by atoms with Gasteiger partial charge in [-0.2, -0.15) is 0 Å². The van der Waals surface area contributed by atoms with E-state index < -0.39 is 0 Å². The topological polar surface area (TPSA) is 75.2 Å². The molecule has 1 N–H and O–H groups in total. The van der Waals surface area contributed by atoms with Crippen molar-refractivity contribution in [2.75, 3.05) is 13.1 Å². The second-order valence-corrected chi connectivity index (χ2v) is 7.22. The van der Waals surface area contributed by atoms with Gasteiger partial charge in [-0.05, 0) is 25.0 Å². The minimum atomic E-state index is -0.0977. The van der Waals surface area contributed by atoms with E-state index in [-0.39, 0.29) is 36.3 Å². The number of hydrogen-bond acceptors (Lipinski definition) is 3. The summed E-state index contributed by atoms with van der Waals surface area (Å²) in [5.74, 6) is 0.00295. The Bertz CT molecular complexity index is 1040. The fourth-order valence-electron chi connectivity index (χ4n) is 3.96. The van der Waals surface area contributed by atoms with Gasteiger partial charge in [0, 0.05) is 37.5 Å². The number of nitrogens with one attached hydrogen (secondary N) is 1. The Morgan fingerprint density at radius 1 is 0.929 bits per heavy atom. The summed E-state index contributed by atoms with van der Waals surface area (Å²) >= 11 is 0. The van der Waals surface area contributed by atoms with Crippen molar-refractivity contribution in [1.29, 1.82) is 0 Å². The number of nitrogens with zero attached hydrogens (tertiary/aromatic N) is 2. The summed E-state index contributed by atoms with van der Waals surface area (Å²) in [6.45, 7) is 1.21. The van der Waals surface area contributed by atoms with Gasteiger partial charge in [-0.1, -0.05) is 42.5 Å². The molecule has 6 nitrogen and oxygen atoms in total. The number of carbonyl (C=O) groups is 2. The molecule has 1 amide bonds. The van der Waals surface area contributed by atoms with Gasteiger partial charge < -0.3 is 9.88 Å². The molecular formula is C22H23N3O3. The maximum absolute atomic E-state index is 12.5. The van der Waals surface area contributed by atoms with Crippen LogP contribution in [-0.4, -0.2) is 39.2 Å². The Hall–Kier alpha value is -3.15. The van der Waals surface area contributed by atoms with Crippen LogP contribution in [0.1, 0.15) is 42.1 Å². The monoisotopic (exact) mass is 377 g/mol. The lowest BCUT2D eigenvalue weighted by Gasteiger charge is -2.32. The van der Waals surface area contributed by atoms with Gasteiger partial charge in [0.2, 0.25) is 5.91 Å². The fourth-order valence-corrected chi connectivity index (χ4v) is 3.96. The summed E-state index contributed by atoms with van der Waals surface area (Å²) in [6.07, 6.45) is 1.93. The average Bonchev–Trinajstić information content (AvgIpc) is 3.08. The quantitative estimate of drug-likeness (QED) is 0.694. The highest BCUT2D eigenvalue weighted by molar-refractivity contribution is 5.97. The number of aromatic nitrogens is 2. The number of imidazole rings is 1. The lowest BCUT2D eigenvalue weighted by atomic mass is 10.0. The minimum absolute atomic E-state index is 0.00539. The highest BCUT2D eigenvalue weighted by Crippen LogP contribution is 2.25. The molecule has 1 aliphatic heterocycles. The van der Waals surface area contributed by atoms with Crippen molar-refractivity contribution in [3.8, 4) is 0 Å². The van der Waals surface area contributed by atoms with Crippen molar-refractivity contribution >= 4 is 22.7 Å². The molecule has 1 saturated heterocycles. The number of H-pyrrole nitrogens is 1. The molecule has 0 saturated carbocycles. The molecule has 0 aliphatic carbocycles. The summed E-state index contributed by atoms with van der Waals surface area (Å²) in [6, 6.07) is 16.8. The number of Topliss-reactive ketones (excluding diaryl/α,β-unsaturated/α-hetero) is 1. The van der Waals surface area contributed by atoms with Crippen LogP contribution in [0.2, 0.25) is 0 Å². The van der Waals surface area contributed by atoms with Gasteiger partial charge in [0.15, 0.2) is 5.78 Å². The molecule has 28 heavy (non-hydrogen) atoms. The van der Waals surface area contributed by atoms with Crippen molar-refractivity contribution < 1.29 is 9.59 Å². The Morgan fingerprint density at radius 2 is 1.61 bits per heavy atom. The third-order valence-corrected chi connectivity index (χ3v) is 5.47. The molecule has 1 aliphatic rings. The lowest BCUT2D eigenvalue weighted by Crippen LogP contribution is -2.40. The molecule has 0 bridgehead atoms. The molecular weight excluding hydrogens is 354 g/mol. The number of rotatable bonds is 5. The number of aromatic amines is 1. The molecule has 2 heterocycles. The number of ketones is 1. The molecule has 144 valence electrons. The van der Waals surface area contributed by atoms with Crippen LogP contribution in [0, 0.1) is 0 Å². The molecule has 0 radical (unpaired) electrons. The van der Waals surface area contributed by atoms with E-state index in [1.54, 1.807) is 12.1 Å². The molecule has 0 atom stereocenters. The third kappa shape index (κ3) is 3.63. The van der Waals surface area contributed by atoms with Crippen LogP contribution >= 0.6 is 0 Å². The minimum Gasteiger partial charge on any atom is -0.343 e. The lowest BCUT2D eigenvalue weighted by molar-refractivity contribution is -0.132. The van der Waals surface area contributed by atoms with Crippen LogP contribution in [-0.2, 0) is 4.79 Å². The van der Waals surface area contributed by atoms with E-state index in [2.05, 4.69) is 4.98 Å². The predicted molar refractivity (Wildman–Crippen MR) is 107 cm³/mol. The number of likely N-dealkylation sites (tertiary alicyclic amines) is 1. The van der Waals surface area contributed by atoms with Gasteiger partial charge in [0.25, 0.3) is 0 Å². The molecule has 0 unspecified atom stereocenters. The molecule has 1 aromatic heterocycles. The van der Waals surface area contributed by atoms with Crippen molar-refractivity contribution in [3.05, 3.63) is 70.6 Å². The van der Waals surface area contributed by atoms with Crippen LogP contribution in [0.25, 0.3) is 11.0 Å². The fraction of sp³-hybridized carbons (Fsp3) is 0.318. The van der Waals surface area contributed by atoms with E-state index >= 15 is 0 Å². The first-order chi connectivity index (χ1) is 13.6. The molecule has 3 aromatic rings. The maximum atomic E-state index is 12.5. The zero-order valence-electron chi connectivity index (χ0n) is 15.6.